The van der Waals surface area contributed by atoms with E-state index in [-0.39, 0.29) is 0 Å². The van der Waals surface area contributed by atoms with E-state index in [1.54, 1.807) is 11.8 Å². The first kappa shape index (κ1) is 14.4. The molecule has 3 nitrogen and oxygen atoms in total. The number of hydrogen-bond donors (Lipinski definition) is 2. The van der Waals surface area contributed by atoms with Crippen molar-refractivity contribution < 1.29 is 9.90 Å². The predicted octanol–water partition coefficient (Wildman–Crippen LogP) is 2.88. The summed E-state index contributed by atoms with van der Waals surface area (Å²) in [6, 6.07) is 7.18. The quantitative estimate of drug-likeness (QED) is 0.592. The van der Waals surface area contributed by atoms with Crippen molar-refractivity contribution >= 4 is 29.3 Å². The molecule has 1 rings (SSSR count). The highest BCUT2D eigenvalue weighted by Gasteiger charge is 2.12. The Bertz CT molecular complexity index is 356. The SMILES string of the molecule is CCC(NCCSc1ccc(Cl)cc1)C(=O)O. The number of halogens is 1. The monoisotopic (exact) mass is 273 g/mol. The lowest BCUT2D eigenvalue weighted by molar-refractivity contribution is -0.139. The normalized spacial score (nSPS) is 12.4. The number of nitrogens with one attached hydrogen (secondary N) is 1. The minimum atomic E-state index is -0.788. The van der Waals surface area contributed by atoms with Crippen LogP contribution in [0.25, 0.3) is 0 Å². The van der Waals surface area contributed by atoms with Gasteiger partial charge >= 0.3 is 5.97 Å². The first-order chi connectivity index (χ1) is 8.13. The van der Waals surface area contributed by atoms with Gasteiger partial charge in [0.25, 0.3) is 0 Å². The van der Waals surface area contributed by atoms with Gasteiger partial charge in [-0.3, -0.25) is 4.79 Å². The van der Waals surface area contributed by atoms with Crippen LogP contribution in [0, 0.1) is 0 Å². The molecule has 1 unspecified atom stereocenters. The fraction of sp³-hybridized carbons (Fsp3) is 0.417. The molecule has 0 heterocycles. The molecule has 0 radical (unpaired) electrons. The smallest absolute Gasteiger partial charge is 0.320 e. The van der Waals surface area contributed by atoms with E-state index in [2.05, 4.69) is 5.32 Å². The van der Waals surface area contributed by atoms with E-state index in [0.29, 0.717) is 13.0 Å². The average molecular weight is 274 g/mol. The van der Waals surface area contributed by atoms with Crippen LogP contribution in [0.4, 0.5) is 0 Å². The number of thioether (sulfide) groups is 1. The molecule has 94 valence electrons. The van der Waals surface area contributed by atoms with E-state index >= 15 is 0 Å². The molecule has 0 bridgehead atoms. The lowest BCUT2D eigenvalue weighted by Gasteiger charge is -2.11. The summed E-state index contributed by atoms with van der Waals surface area (Å²) in [5, 5.41) is 12.6. The van der Waals surface area contributed by atoms with Crippen LogP contribution in [0.1, 0.15) is 13.3 Å². The van der Waals surface area contributed by atoms with Gasteiger partial charge in [0.1, 0.15) is 6.04 Å². The molecular weight excluding hydrogens is 258 g/mol. The zero-order valence-electron chi connectivity index (χ0n) is 9.65. The van der Waals surface area contributed by atoms with Crippen molar-refractivity contribution in [2.45, 2.75) is 24.3 Å². The van der Waals surface area contributed by atoms with Crippen LogP contribution in [0.3, 0.4) is 0 Å². The lowest BCUT2D eigenvalue weighted by Crippen LogP contribution is -2.37. The second kappa shape index (κ2) is 7.58. The summed E-state index contributed by atoms with van der Waals surface area (Å²) in [5.74, 6) is 0.0507. The third-order valence-electron chi connectivity index (χ3n) is 2.28. The Morgan fingerprint density at radius 3 is 2.65 bits per heavy atom. The number of carboxylic acid groups (broad SMARTS) is 1. The predicted molar refractivity (Wildman–Crippen MR) is 71.9 cm³/mol. The number of rotatable bonds is 7. The fourth-order valence-electron chi connectivity index (χ4n) is 1.34. The zero-order chi connectivity index (χ0) is 12.7. The van der Waals surface area contributed by atoms with Crippen molar-refractivity contribution in [3.05, 3.63) is 29.3 Å². The minimum Gasteiger partial charge on any atom is -0.480 e. The summed E-state index contributed by atoms with van der Waals surface area (Å²) in [6.07, 6.45) is 0.598. The Morgan fingerprint density at radius 1 is 1.47 bits per heavy atom. The van der Waals surface area contributed by atoms with Crippen molar-refractivity contribution in [2.24, 2.45) is 0 Å². The number of carbonyl (C=O) groups is 1. The summed E-state index contributed by atoms with van der Waals surface area (Å²) in [5.41, 5.74) is 0. The number of aliphatic carboxylic acids is 1. The number of carboxylic acids is 1. The molecule has 17 heavy (non-hydrogen) atoms. The largest absolute Gasteiger partial charge is 0.480 e. The van der Waals surface area contributed by atoms with Gasteiger partial charge in [0.15, 0.2) is 0 Å². The fourth-order valence-corrected chi connectivity index (χ4v) is 2.25. The highest BCUT2D eigenvalue weighted by molar-refractivity contribution is 7.99. The summed E-state index contributed by atoms with van der Waals surface area (Å²) < 4.78 is 0. The van der Waals surface area contributed by atoms with Crippen LogP contribution in [0.5, 0.6) is 0 Å². The maximum atomic E-state index is 10.7. The van der Waals surface area contributed by atoms with Crippen LogP contribution >= 0.6 is 23.4 Å². The van der Waals surface area contributed by atoms with Crippen molar-refractivity contribution in [1.29, 1.82) is 0 Å². The first-order valence-electron chi connectivity index (χ1n) is 5.48. The zero-order valence-corrected chi connectivity index (χ0v) is 11.2. The van der Waals surface area contributed by atoms with Crippen molar-refractivity contribution in [2.75, 3.05) is 12.3 Å². The van der Waals surface area contributed by atoms with Gasteiger partial charge in [0.2, 0.25) is 0 Å². The first-order valence-corrected chi connectivity index (χ1v) is 6.84. The Hall–Kier alpha value is -0.710. The maximum Gasteiger partial charge on any atom is 0.320 e. The van der Waals surface area contributed by atoms with Crippen LogP contribution in [0.15, 0.2) is 29.2 Å². The molecule has 2 N–H and O–H groups in total. The third-order valence-corrected chi connectivity index (χ3v) is 3.55. The molecule has 0 spiro atoms. The van der Waals surface area contributed by atoms with Crippen molar-refractivity contribution in [1.82, 2.24) is 5.32 Å². The molecule has 1 aromatic rings. The molecule has 0 aromatic heterocycles. The van der Waals surface area contributed by atoms with E-state index in [4.69, 9.17) is 16.7 Å². The van der Waals surface area contributed by atoms with Gasteiger partial charge in [-0.25, -0.2) is 0 Å². The number of hydrogen-bond acceptors (Lipinski definition) is 3. The summed E-state index contributed by atoms with van der Waals surface area (Å²) in [4.78, 5) is 11.9. The maximum absolute atomic E-state index is 10.7. The van der Waals surface area contributed by atoms with Crippen LogP contribution < -0.4 is 5.32 Å². The van der Waals surface area contributed by atoms with Gasteiger partial charge in [0.05, 0.1) is 0 Å². The molecular formula is C12H16ClNO2S. The Kier molecular flexibility index (Phi) is 6.40. The molecule has 5 heteroatoms. The Morgan fingerprint density at radius 2 is 2.12 bits per heavy atom. The summed E-state index contributed by atoms with van der Waals surface area (Å²) >= 11 is 7.46. The molecule has 0 amide bonds. The average Bonchev–Trinajstić information content (AvgIpc) is 2.31. The summed E-state index contributed by atoms with van der Waals surface area (Å²) in [7, 11) is 0. The standard InChI is InChI=1S/C12H16ClNO2S/c1-2-11(12(15)16)14-7-8-17-10-5-3-9(13)4-6-10/h3-6,11,14H,2,7-8H2,1H3,(H,15,16). The van der Waals surface area contributed by atoms with E-state index < -0.39 is 12.0 Å². The van der Waals surface area contributed by atoms with Crippen LogP contribution in [-0.4, -0.2) is 29.4 Å². The molecule has 0 saturated heterocycles. The molecule has 0 fully saturated rings. The molecule has 0 aliphatic heterocycles. The third kappa shape index (κ3) is 5.44. The molecule has 0 saturated carbocycles. The summed E-state index contributed by atoms with van der Waals surface area (Å²) in [6.45, 7) is 2.54. The lowest BCUT2D eigenvalue weighted by atomic mass is 10.2. The van der Waals surface area contributed by atoms with Crippen molar-refractivity contribution in [3.8, 4) is 0 Å². The number of benzene rings is 1. The molecule has 1 atom stereocenters. The van der Waals surface area contributed by atoms with Crippen LogP contribution in [-0.2, 0) is 4.79 Å². The highest BCUT2D eigenvalue weighted by atomic mass is 35.5. The molecule has 1 aromatic carbocycles. The van der Waals surface area contributed by atoms with E-state index in [0.717, 1.165) is 15.7 Å². The topological polar surface area (TPSA) is 49.3 Å². The van der Waals surface area contributed by atoms with E-state index in [1.165, 1.54) is 0 Å². The van der Waals surface area contributed by atoms with Gasteiger partial charge in [0, 0.05) is 22.2 Å². The van der Waals surface area contributed by atoms with Gasteiger partial charge in [-0.2, -0.15) is 0 Å². The minimum absolute atomic E-state index is 0.444. The van der Waals surface area contributed by atoms with Gasteiger partial charge in [-0.05, 0) is 30.7 Å². The molecule has 0 aliphatic rings. The van der Waals surface area contributed by atoms with Gasteiger partial charge in [-0.15, -0.1) is 11.8 Å². The van der Waals surface area contributed by atoms with Crippen molar-refractivity contribution in [3.63, 3.8) is 0 Å². The van der Waals surface area contributed by atoms with E-state index in [9.17, 15) is 4.79 Å². The molecule has 0 aliphatic carbocycles. The second-order valence-corrected chi connectivity index (χ2v) is 5.16. The van der Waals surface area contributed by atoms with E-state index in [1.807, 2.05) is 31.2 Å². The van der Waals surface area contributed by atoms with Gasteiger partial charge < -0.3 is 10.4 Å². The Balaban J connectivity index is 2.24. The highest BCUT2D eigenvalue weighted by Crippen LogP contribution is 2.19. The Labute approximate surface area is 111 Å². The van der Waals surface area contributed by atoms with Crippen LogP contribution in [0.2, 0.25) is 5.02 Å². The van der Waals surface area contributed by atoms with Gasteiger partial charge in [-0.1, -0.05) is 18.5 Å². The second-order valence-electron chi connectivity index (χ2n) is 3.56.